The maximum atomic E-state index is 12.9. The first-order chi connectivity index (χ1) is 8.82. The predicted octanol–water partition coefficient (Wildman–Crippen LogP) is 2.51. The largest absolute Gasteiger partial charge is 0.666 e. The Labute approximate surface area is 109 Å². The number of piperidine rings is 1. The van der Waals surface area contributed by atoms with Crippen molar-refractivity contribution in [3.8, 4) is 6.07 Å². The van der Waals surface area contributed by atoms with Gasteiger partial charge in [-0.05, 0) is 31.7 Å². The van der Waals surface area contributed by atoms with Crippen LogP contribution >= 0.6 is 0 Å². The van der Waals surface area contributed by atoms with Crippen LogP contribution in [-0.4, -0.2) is 36.1 Å². The van der Waals surface area contributed by atoms with Gasteiger partial charge >= 0.3 is 6.18 Å². The van der Waals surface area contributed by atoms with Gasteiger partial charge < -0.3 is 10.6 Å². The summed E-state index contributed by atoms with van der Waals surface area (Å²) in [4.78, 5) is 13.3. The molecule has 0 aromatic rings. The summed E-state index contributed by atoms with van der Waals surface area (Å²) in [6, 6.07) is 0.336. The summed E-state index contributed by atoms with van der Waals surface area (Å²) in [6.07, 6.45) is -3.79. The van der Waals surface area contributed by atoms with E-state index < -0.39 is 23.5 Å². The lowest BCUT2D eigenvalue weighted by Gasteiger charge is -2.38. The topological polar surface area (TPSA) is 67.9 Å². The second-order valence-corrected chi connectivity index (χ2v) is 5.32. The molecule has 1 saturated heterocycles. The maximum absolute atomic E-state index is 12.9. The van der Waals surface area contributed by atoms with Crippen LogP contribution in [0.25, 0.3) is 5.73 Å². The van der Waals surface area contributed by atoms with Crippen molar-refractivity contribution in [2.45, 2.75) is 37.9 Å². The van der Waals surface area contributed by atoms with Gasteiger partial charge in [-0.15, -0.1) is 0 Å². The molecule has 0 unspecified atom stereocenters. The molecule has 1 amide bonds. The van der Waals surface area contributed by atoms with Crippen LogP contribution in [0.4, 0.5) is 13.2 Å². The molecular formula is C12H15F3N3O-. The number of alkyl halides is 3. The van der Waals surface area contributed by atoms with Gasteiger partial charge in [-0.1, -0.05) is 0 Å². The molecule has 0 radical (unpaired) electrons. The minimum atomic E-state index is -4.49. The van der Waals surface area contributed by atoms with Crippen molar-refractivity contribution in [3.05, 3.63) is 5.73 Å². The molecule has 0 bridgehead atoms. The summed E-state index contributed by atoms with van der Waals surface area (Å²) in [6.45, 7) is 0.556. The number of likely N-dealkylation sites (tertiary alicyclic amines) is 1. The Morgan fingerprint density at radius 2 is 1.89 bits per heavy atom. The van der Waals surface area contributed by atoms with E-state index in [-0.39, 0.29) is 31.8 Å². The third kappa shape index (κ3) is 2.41. The Hall–Kier alpha value is -1.29. The van der Waals surface area contributed by atoms with Crippen molar-refractivity contribution in [1.29, 1.82) is 5.26 Å². The van der Waals surface area contributed by atoms with E-state index in [1.807, 2.05) is 0 Å². The third-order valence-corrected chi connectivity index (χ3v) is 4.14. The standard InChI is InChI=1S/C12H15F3N3O/c13-12(14,15)11(3-4-11)9(17)10(19)18-5-1-8(7-16)2-6-18/h8-9,17H,1-6H2/q-1/t9-/m0/s1. The van der Waals surface area contributed by atoms with Crippen molar-refractivity contribution < 1.29 is 18.0 Å². The second kappa shape index (κ2) is 4.67. The molecule has 106 valence electrons. The first kappa shape index (κ1) is 14.1. The van der Waals surface area contributed by atoms with Gasteiger partial charge in [0.05, 0.1) is 11.5 Å². The summed E-state index contributed by atoms with van der Waals surface area (Å²) in [5, 5.41) is 8.73. The van der Waals surface area contributed by atoms with Crippen molar-refractivity contribution in [1.82, 2.24) is 4.90 Å². The lowest BCUT2D eigenvalue weighted by Crippen LogP contribution is -2.48. The van der Waals surface area contributed by atoms with Crippen LogP contribution in [0.15, 0.2) is 0 Å². The van der Waals surface area contributed by atoms with E-state index in [1.54, 1.807) is 0 Å². The Balaban J connectivity index is 2.00. The molecule has 0 aromatic heterocycles. The molecule has 1 saturated carbocycles. The van der Waals surface area contributed by atoms with Gasteiger partial charge in [0.2, 0.25) is 5.91 Å². The van der Waals surface area contributed by atoms with Gasteiger partial charge in [0.25, 0.3) is 0 Å². The van der Waals surface area contributed by atoms with E-state index in [1.165, 1.54) is 4.90 Å². The van der Waals surface area contributed by atoms with E-state index >= 15 is 0 Å². The van der Waals surface area contributed by atoms with Crippen LogP contribution < -0.4 is 0 Å². The zero-order valence-electron chi connectivity index (χ0n) is 10.3. The molecule has 2 aliphatic rings. The van der Waals surface area contributed by atoms with Crippen LogP contribution in [-0.2, 0) is 4.79 Å². The first-order valence-electron chi connectivity index (χ1n) is 6.28. The molecule has 7 heteroatoms. The van der Waals surface area contributed by atoms with E-state index in [0.29, 0.717) is 12.8 Å². The molecule has 0 aromatic carbocycles. The molecule has 1 aliphatic heterocycles. The fourth-order valence-electron chi connectivity index (χ4n) is 2.52. The van der Waals surface area contributed by atoms with E-state index in [4.69, 9.17) is 11.0 Å². The normalized spacial score (nSPS) is 24.7. The van der Waals surface area contributed by atoms with Crippen LogP contribution in [0.3, 0.4) is 0 Å². The van der Waals surface area contributed by atoms with Crippen molar-refractivity contribution in [2.24, 2.45) is 11.3 Å². The number of amides is 1. The zero-order valence-corrected chi connectivity index (χ0v) is 10.3. The summed E-state index contributed by atoms with van der Waals surface area (Å²) >= 11 is 0. The Bertz CT molecular complexity index is 403. The van der Waals surface area contributed by atoms with Crippen LogP contribution in [0.2, 0.25) is 0 Å². The zero-order chi connectivity index (χ0) is 14.3. The summed E-state index contributed by atoms with van der Waals surface area (Å²) in [5.74, 6) is -0.878. The Kier molecular flexibility index (Phi) is 3.47. The number of carbonyl (C=O) groups is 1. The summed E-state index contributed by atoms with van der Waals surface area (Å²) in [7, 11) is 0. The highest BCUT2D eigenvalue weighted by Gasteiger charge is 2.65. The molecule has 1 N–H and O–H groups in total. The smallest absolute Gasteiger partial charge is 0.393 e. The molecule has 1 heterocycles. The van der Waals surface area contributed by atoms with Crippen molar-refractivity contribution >= 4 is 5.91 Å². The van der Waals surface area contributed by atoms with Crippen LogP contribution in [0.1, 0.15) is 25.7 Å². The second-order valence-electron chi connectivity index (χ2n) is 5.32. The molecule has 1 atom stereocenters. The molecule has 4 nitrogen and oxygen atoms in total. The molecule has 2 rings (SSSR count). The van der Waals surface area contributed by atoms with Gasteiger partial charge in [-0.25, -0.2) is 0 Å². The minimum absolute atomic E-state index is 0.134. The molecule has 2 fully saturated rings. The molecule has 1 aliphatic carbocycles. The average molecular weight is 274 g/mol. The van der Waals surface area contributed by atoms with Gasteiger partial charge in [0, 0.05) is 19.0 Å². The molecule has 19 heavy (non-hydrogen) atoms. The van der Waals surface area contributed by atoms with Gasteiger partial charge in [-0.3, -0.25) is 4.79 Å². The Morgan fingerprint density at radius 1 is 1.37 bits per heavy atom. The van der Waals surface area contributed by atoms with Crippen molar-refractivity contribution in [2.75, 3.05) is 13.1 Å². The molecular weight excluding hydrogens is 259 g/mol. The van der Waals surface area contributed by atoms with Gasteiger partial charge in [0.1, 0.15) is 0 Å². The van der Waals surface area contributed by atoms with Crippen molar-refractivity contribution in [3.63, 3.8) is 0 Å². The monoisotopic (exact) mass is 274 g/mol. The number of carbonyl (C=O) groups excluding carboxylic acids is 1. The fraction of sp³-hybridized carbons (Fsp3) is 0.833. The number of nitriles is 1. The number of hydrogen-bond acceptors (Lipinski definition) is 2. The molecule has 0 spiro atoms. The number of halogens is 3. The number of rotatable bonds is 2. The highest BCUT2D eigenvalue weighted by Crippen LogP contribution is 2.60. The average Bonchev–Trinajstić information content (AvgIpc) is 3.18. The first-order valence-corrected chi connectivity index (χ1v) is 6.28. The Morgan fingerprint density at radius 3 is 2.26 bits per heavy atom. The minimum Gasteiger partial charge on any atom is -0.666 e. The summed E-state index contributed by atoms with van der Waals surface area (Å²) in [5.41, 5.74) is 5.53. The highest BCUT2D eigenvalue weighted by atomic mass is 19.4. The van der Waals surface area contributed by atoms with E-state index in [0.717, 1.165) is 0 Å². The summed E-state index contributed by atoms with van der Waals surface area (Å²) < 4.78 is 38.6. The number of hydrogen-bond donors (Lipinski definition) is 0. The maximum Gasteiger partial charge on any atom is 0.393 e. The van der Waals surface area contributed by atoms with E-state index in [2.05, 4.69) is 6.07 Å². The van der Waals surface area contributed by atoms with Gasteiger partial charge in [-0.2, -0.15) is 18.4 Å². The quantitative estimate of drug-likeness (QED) is 0.776. The fourth-order valence-corrected chi connectivity index (χ4v) is 2.52. The van der Waals surface area contributed by atoms with Crippen LogP contribution in [0.5, 0.6) is 0 Å². The lowest BCUT2D eigenvalue weighted by molar-refractivity contribution is -0.193. The SMILES string of the molecule is N#CC1CCN(C(=O)[C@H]([NH-])C2(C(F)(F)F)CC2)CC1. The highest BCUT2D eigenvalue weighted by molar-refractivity contribution is 5.85. The van der Waals surface area contributed by atoms with E-state index in [9.17, 15) is 18.0 Å². The lowest BCUT2D eigenvalue weighted by atomic mass is 9.93. The predicted molar refractivity (Wildman–Crippen MR) is 60.7 cm³/mol. The number of nitrogens with one attached hydrogen (secondary N) is 1. The van der Waals surface area contributed by atoms with Gasteiger partial charge in [0.15, 0.2) is 0 Å². The third-order valence-electron chi connectivity index (χ3n) is 4.14. The number of nitrogens with zero attached hydrogens (tertiary/aromatic N) is 2. The van der Waals surface area contributed by atoms with Crippen LogP contribution in [0, 0.1) is 22.7 Å².